The molecule has 1 N–H and O–H groups in total. The first-order chi connectivity index (χ1) is 15.4. The van der Waals surface area contributed by atoms with Gasteiger partial charge in [0.15, 0.2) is 5.69 Å². The van der Waals surface area contributed by atoms with Crippen molar-refractivity contribution in [3.05, 3.63) is 76.6 Å². The molecule has 32 heavy (non-hydrogen) atoms. The van der Waals surface area contributed by atoms with Crippen LogP contribution in [-0.4, -0.2) is 15.7 Å². The normalized spacial score (nSPS) is 13.6. The van der Waals surface area contributed by atoms with E-state index < -0.39 is 11.9 Å². The van der Waals surface area contributed by atoms with Gasteiger partial charge in [0.1, 0.15) is 0 Å². The number of nitrogens with zero attached hydrogens (tertiary/aromatic N) is 2. The number of halogens is 3. The number of aryl methyl sites for hydroxylation is 1. The number of fused-ring (bicyclic) bond motifs is 1. The standard InChI is InChI=1S/C25H26F3N3O/c1-2-3-6-17-9-13-19(14-10-17)29-24(32)18-11-15-20(16-12-18)31-22-8-5-4-7-21(22)23(30-31)25(26,27)28/h9-16H,2-8H2,1H3,(H,29,32). The van der Waals surface area contributed by atoms with Gasteiger partial charge in [0.2, 0.25) is 0 Å². The number of nitrogens with one attached hydrogen (secondary N) is 1. The highest BCUT2D eigenvalue weighted by molar-refractivity contribution is 6.04. The highest BCUT2D eigenvalue weighted by Crippen LogP contribution is 2.36. The summed E-state index contributed by atoms with van der Waals surface area (Å²) in [5.41, 5.74) is 3.01. The smallest absolute Gasteiger partial charge is 0.322 e. The lowest BCUT2D eigenvalue weighted by Gasteiger charge is -2.15. The SMILES string of the molecule is CCCCc1ccc(NC(=O)c2ccc(-n3nc(C(F)(F)F)c4c3CCCC4)cc2)cc1. The Hall–Kier alpha value is -3.09. The molecular formula is C25H26F3N3O. The van der Waals surface area contributed by atoms with E-state index in [1.807, 2.05) is 24.3 Å². The second-order valence-electron chi connectivity index (χ2n) is 8.19. The predicted octanol–water partition coefficient (Wildman–Crippen LogP) is 6.36. The summed E-state index contributed by atoms with van der Waals surface area (Å²) < 4.78 is 41.7. The first-order valence-electron chi connectivity index (χ1n) is 11.1. The number of rotatable bonds is 6. The highest BCUT2D eigenvalue weighted by Gasteiger charge is 2.39. The number of hydrogen-bond acceptors (Lipinski definition) is 2. The number of anilines is 1. The summed E-state index contributed by atoms with van der Waals surface area (Å²) in [6.45, 7) is 2.15. The maximum Gasteiger partial charge on any atom is 0.435 e. The predicted molar refractivity (Wildman–Crippen MR) is 118 cm³/mol. The quantitative estimate of drug-likeness (QED) is 0.484. The molecule has 1 heterocycles. The van der Waals surface area contributed by atoms with E-state index in [1.54, 1.807) is 24.3 Å². The van der Waals surface area contributed by atoms with Crippen LogP contribution in [0.15, 0.2) is 48.5 Å². The van der Waals surface area contributed by atoms with E-state index in [0.717, 1.165) is 32.1 Å². The minimum Gasteiger partial charge on any atom is -0.322 e. The summed E-state index contributed by atoms with van der Waals surface area (Å²) in [7, 11) is 0. The van der Waals surface area contributed by atoms with Gasteiger partial charge in [-0.05, 0) is 80.5 Å². The van der Waals surface area contributed by atoms with Crippen LogP contribution in [0, 0.1) is 0 Å². The zero-order valence-corrected chi connectivity index (χ0v) is 18.0. The molecule has 7 heteroatoms. The molecule has 0 spiro atoms. The van der Waals surface area contributed by atoms with Crippen LogP contribution in [-0.2, 0) is 25.4 Å². The molecule has 1 aromatic heterocycles. The van der Waals surface area contributed by atoms with E-state index in [4.69, 9.17) is 0 Å². The molecule has 0 atom stereocenters. The third-order valence-electron chi connectivity index (χ3n) is 5.85. The average Bonchev–Trinajstić information content (AvgIpc) is 3.19. The minimum atomic E-state index is -4.47. The van der Waals surface area contributed by atoms with Crippen molar-refractivity contribution in [2.75, 3.05) is 5.32 Å². The molecule has 168 valence electrons. The molecule has 1 amide bonds. The molecule has 0 saturated heterocycles. The molecule has 0 unspecified atom stereocenters. The molecule has 0 saturated carbocycles. The Bertz CT molecular complexity index is 1080. The zero-order chi connectivity index (χ0) is 22.7. The van der Waals surface area contributed by atoms with E-state index in [2.05, 4.69) is 17.3 Å². The largest absolute Gasteiger partial charge is 0.435 e. The first-order valence-corrected chi connectivity index (χ1v) is 11.1. The average molecular weight is 441 g/mol. The van der Waals surface area contributed by atoms with Gasteiger partial charge in [-0.25, -0.2) is 4.68 Å². The molecule has 1 aliphatic carbocycles. The number of alkyl halides is 3. The topological polar surface area (TPSA) is 46.9 Å². The van der Waals surface area contributed by atoms with Gasteiger partial charge in [0.05, 0.1) is 5.69 Å². The minimum absolute atomic E-state index is 0.267. The van der Waals surface area contributed by atoms with Gasteiger partial charge in [-0.15, -0.1) is 0 Å². The Morgan fingerprint density at radius 3 is 2.38 bits per heavy atom. The summed E-state index contributed by atoms with van der Waals surface area (Å²) >= 11 is 0. The van der Waals surface area contributed by atoms with Gasteiger partial charge in [-0.3, -0.25) is 4.79 Å². The zero-order valence-electron chi connectivity index (χ0n) is 18.0. The number of benzene rings is 2. The maximum atomic E-state index is 13.4. The lowest BCUT2D eigenvalue weighted by atomic mass is 9.95. The molecule has 0 fully saturated rings. The van der Waals surface area contributed by atoms with E-state index >= 15 is 0 Å². The van der Waals surface area contributed by atoms with E-state index in [1.165, 1.54) is 10.2 Å². The monoisotopic (exact) mass is 441 g/mol. The summed E-state index contributed by atoms with van der Waals surface area (Å²) in [5.74, 6) is -0.267. The molecule has 2 aromatic carbocycles. The summed E-state index contributed by atoms with van der Waals surface area (Å²) in [5, 5.41) is 6.76. The van der Waals surface area contributed by atoms with Crippen LogP contribution < -0.4 is 5.32 Å². The summed E-state index contributed by atoms with van der Waals surface area (Å²) in [6, 6.07) is 14.3. The van der Waals surface area contributed by atoms with E-state index in [9.17, 15) is 18.0 Å². The third kappa shape index (κ3) is 4.71. The van der Waals surface area contributed by atoms with Gasteiger partial charge in [-0.1, -0.05) is 25.5 Å². The van der Waals surface area contributed by atoms with Crippen molar-refractivity contribution in [3.63, 3.8) is 0 Å². The lowest BCUT2D eigenvalue weighted by Crippen LogP contribution is -2.12. The Morgan fingerprint density at radius 1 is 1.03 bits per heavy atom. The third-order valence-corrected chi connectivity index (χ3v) is 5.85. The van der Waals surface area contributed by atoms with Gasteiger partial charge in [0.25, 0.3) is 5.91 Å². The van der Waals surface area contributed by atoms with Crippen molar-refractivity contribution in [2.24, 2.45) is 0 Å². The fourth-order valence-electron chi connectivity index (χ4n) is 4.13. The van der Waals surface area contributed by atoms with Crippen LogP contribution >= 0.6 is 0 Å². The van der Waals surface area contributed by atoms with Crippen LogP contribution in [0.5, 0.6) is 0 Å². The molecule has 1 aliphatic rings. The molecule has 0 bridgehead atoms. The van der Waals surface area contributed by atoms with Crippen molar-refractivity contribution in [3.8, 4) is 5.69 Å². The molecular weight excluding hydrogens is 415 g/mol. The number of amides is 1. The first kappa shape index (κ1) is 22.1. The number of carbonyl (C=O) groups excluding carboxylic acids is 1. The number of hydrogen-bond donors (Lipinski definition) is 1. The van der Waals surface area contributed by atoms with E-state index in [-0.39, 0.29) is 5.91 Å². The van der Waals surface area contributed by atoms with Crippen LogP contribution in [0.2, 0.25) is 0 Å². The van der Waals surface area contributed by atoms with Crippen LogP contribution in [0.3, 0.4) is 0 Å². The lowest BCUT2D eigenvalue weighted by molar-refractivity contribution is -0.142. The summed E-state index contributed by atoms with van der Waals surface area (Å²) in [4.78, 5) is 12.6. The highest BCUT2D eigenvalue weighted by atomic mass is 19.4. The van der Waals surface area contributed by atoms with E-state index in [0.29, 0.717) is 41.0 Å². The van der Waals surface area contributed by atoms with Crippen LogP contribution in [0.1, 0.15) is 65.5 Å². The molecule has 0 radical (unpaired) electrons. The van der Waals surface area contributed by atoms with Gasteiger partial charge in [0, 0.05) is 22.5 Å². The van der Waals surface area contributed by atoms with Gasteiger partial charge in [-0.2, -0.15) is 18.3 Å². The van der Waals surface area contributed by atoms with Crippen LogP contribution in [0.4, 0.5) is 18.9 Å². The second-order valence-corrected chi connectivity index (χ2v) is 8.19. The maximum absolute atomic E-state index is 13.4. The second kappa shape index (κ2) is 9.18. The van der Waals surface area contributed by atoms with Gasteiger partial charge < -0.3 is 5.32 Å². The number of aromatic nitrogens is 2. The van der Waals surface area contributed by atoms with Gasteiger partial charge >= 0.3 is 6.18 Å². The molecule has 4 rings (SSSR count). The van der Waals surface area contributed by atoms with Crippen molar-refractivity contribution < 1.29 is 18.0 Å². The number of carbonyl (C=O) groups is 1. The number of unbranched alkanes of at least 4 members (excludes halogenated alkanes) is 1. The molecule has 4 nitrogen and oxygen atoms in total. The molecule has 0 aliphatic heterocycles. The van der Waals surface area contributed by atoms with Crippen molar-refractivity contribution in [2.45, 2.75) is 58.0 Å². The Labute approximate surface area is 185 Å². The Balaban J connectivity index is 1.51. The van der Waals surface area contributed by atoms with Crippen molar-refractivity contribution in [1.82, 2.24) is 9.78 Å². The summed E-state index contributed by atoms with van der Waals surface area (Å²) in [6.07, 6.45) is 1.33. The van der Waals surface area contributed by atoms with Crippen LogP contribution in [0.25, 0.3) is 5.69 Å². The fraction of sp³-hybridized carbons (Fsp3) is 0.360. The van der Waals surface area contributed by atoms with Crippen molar-refractivity contribution >= 4 is 11.6 Å². The Morgan fingerprint density at radius 2 is 1.72 bits per heavy atom. The fourth-order valence-corrected chi connectivity index (χ4v) is 4.13. The Kier molecular flexibility index (Phi) is 6.35. The van der Waals surface area contributed by atoms with Crippen molar-refractivity contribution in [1.29, 1.82) is 0 Å². The molecule has 3 aromatic rings.